The maximum absolute atomic E-state index is 12.5. The van der Waals surface area contributed by atoms with E-state index >= 15 is 0 Å². The highest BCUT2D eigenvalue weighted by Gasteiger charge is 2.23. The Hall–Kier alpha value is -1.34. The molecule has 2 aromatic rings. The molecule has 0 aromatic carbocycles. The van der Waals surface area contributed by atoms with Crippen LogP contribution < -0.4 is 0 Å². The van der Waals surface area contributed by atoms with Gasteiger partial charge in [-0.15, -0.1) is 0 Å². The Morgan fingerprint density at radius 3 is 2.55 bits per heavy atom. The number of amides is 1. The average molecular weight is 361 g/mol. The molecule has 0 radical (unpaired) electrons. The molecule has 0 unspecified atom stereocenters. The molecular formula is C12H15BrClN5O. The number of rotatable bonds is 3. The second-order valence-electron chi connectivity index (χ2n) is 4.60. The summed E-state index contributed by atoms with van der Waals surface area (Å²) in [6, 6.07) is 0. The minimum atomic E-state index is -0.128. The van der Waals surface area contributed by atoms with Crippen LogP contribution >= 0.6 is 27.5 Å². The molecule has 6 nitrogen and oxygen atoms in total. The Bertz CT molecular complexity index is 644. The number of aromatic nitrogens is 4. The zero-order chi connectivity index (χ0) is 15.0. The van der Waals surface area contributed by atoms with Gasteiger partial charge in [0.2, 0.25) is 0 Å². The molecule has 108 valence electrons. The van der Waals surface area contributed by atoms with Gasteiger partial charge >= 0.3 is 0 Å². The second-order valence-corrected chi connectivity index (χ2v) is 5.80. The first-order valence-corrected chi connectivity index (χ1v) is 7.11. The standard InChI is InChI=1S/C12H15BrClN5O/c1-7-10(13)11(19(4)16-7)12(20)17(2)6-9-8(14)5-15-18(9)3/h5H,6H2,1-4H3. The van der Waals surface area contributed by atoms with Crippen LogP contribution in [0.2, 0.25) is 5.02 Å². The minimum Gasteiger partial charge on any atom is -0.334 e. The number of carbonyl (C=O) groups excluding carboxylic acids is 1. The smallest absolute Gasteiger partial charge is 0.273 e. The average Bonchev–Trinajstić information content (AvgIpc) is 2.82. The van der Waals surface area contributed by atoms with Crippen LogP contribution in [0.15, 0.2) is 10.7 Å². The molecular weight excluding hydrogens is 346 g/mol. The maximum Gasteiger partial charge on any atom is 0.273 e. The monoisotopic (exact) mass is 359 g/mol. The van der Waals surface area contributed by atoms with Crippen LogP contribution in [0.1, 0.15) is 21.9 Å². The number of carbonyl (C=O) groups is 1. The van der Waals surface area contributed by atoms with Crippen molar-refractivity contribution in [1.82, 2.24) is 24.5 Å². The third-order valence-electron chi connectivity index (χ3n) is 3.10. The van der Waals surface area contributed by atoms with E-state index in [2.05, 4.69) is 26.1 Å². The van der Waals surface area contributed by atoms with Gasteiger partial charge in [0.25, 0.3) is 5.91 Å². The SMILES string of the molecule is Cc1nn(C)c(C(=O)N(C)Cc2c(Cl)cnn2C)c1Br. The van der Waals surface area contributed by atoms with E-state index in [0.29, 0.717) is 21.7 Å². The summed E-state index contributed by atoms with van der Waals surface area (Å²) < 4.78 is 3.95. The molecule has 8 heteroatoms. The summed E-state index contributed by atoms with van der Waals surface area (Å²) in [5.41, 5.74) is 2.09. The predicted octanol–water partition coefficient (Wildman–Crippen LogP) is 2.15. The largest absolute Gasteiger partial charge is 0.334 e. The van der Waals surface area contributed by atoms with Crippen LogP contribution in [0.5, 0.6) is 0 Å². The van der Waals surface area contributed by atoms with Gasteiger partial charge < -0.3 is 4.90 Å². The van der Waals surface area contributed by atoms with E-state index in [1.165, 1.54) is 0 Å². The van der Waals surface area contributed by atoms with Crippen molar-refractivity contribution in [3.05, 3.63) is 32.8 Å². The lowest BCUT2D eigenvalue weighted by molar-refractivity contribution is 0.0770. The molecule has 0 bridgehead atoms. The predicted molar refractivity (Wildman–Crippen MR) is 79.7 cm³/mol. The van der Waals surface area contributed by atoms with Gasteiger partial charge in [-0.3, -0.25) is 14.2 Å². The molecule has 0 atom stereocenters. The van der Waals surface area contributed by atoms with Gasteiger partial charge in [-0.05, 0) is 22.9 Å². The Balaban J connectivity index is 2.25. The normalized spacial score (nSPS) is 10.9. The molecule has 20 heavy (non-hydrogen) atoms. The number of hydrogen-bond acceptors (Lipinski definition) is 3. The highest BCUT2D eigenvalue weighted by atomic mass is 79.9. The molecule has 0 fully saturated rings. The van der Waals surface area contributed by atoms with Crippen LogP contribution in [0.3, 0.4) is 0 Å². The van der Waals surface area contributed by atoms with Crippen molar-refractivity contribution in [1.29, 1.82) is 0 Å². The lowest BCUT2D eigenvalue weighted by Crippen LogP contribution is -2.29. The van der Waals surface area contributed by atoms with E-state index in [0.717, 1.165) is 11.4 Å². The van der Waals surface area contributed by atoms with Gasteiger partial charge in [-0.1, -0.05) is 11.6 Å². The highest BCUT2D eigenvalue weighted by molar-refractivity contribution is 9.10. The third-order valence-corrected chi connectivity index (χ3v) is 4.36. The van der Waals surface area contributed by atoms with Crippen LogP contribution in [0, 0.1) is 6.92 Å². The van der Waals surface area contributed by atoms with Crippen molar-refractivity contribution in [3.8, 4) is 0 Å². The molecule has 2 heterocycles. The van der Waals surface area contributed by atoms with Crippen molar-refractivity contribution >= 4 is 33.4 Å². The summed E-state index contributed by atoms with van der Waals surface area (Å²) >= 11 is 9.46. The summed E-state index contributed by atoms with van der Waals surface area (Å²) in [4.78, 5) is 14.1. The first-order chi connectivity index (χ1) is 9.32. The van der Waals surface area contributed by atoms with Crippen molar-refractivity contribution in [3.63, 3.8) is 0 Å². The zero-order valence-corrected chi connectivity index (χ0v) is 14.0. The Labute approximate surface area is 130 Å². The van der Waals surface area contributed by atoms with E-state index < -0.39 is 0 Å². The number of nitrogens with zero attached hydrogens (tertiary/aromatic N) is 5. The molecule has 0 saturated carbocycles. The molecule has 0 aliphatic rings. The molecule has 2 aromatic heterocycles. The van der Waals surface area contributed by atoms with Crippen LogP contribution in [0.4, 0.5) is 0 Å². The van der Waals surface area contributed by atoms with Gasteiger partial charge in [0.15, 0.2) is 0 Å². The minimum absolute atomic E-state index is 0.128. The first-order valence-electron chi connectivity index (χ1n) is 5.93. The summed E-state index contributed by atoms with van der Waals surface area (Å²) in [6.45, 7) is 2.23. The molecule has 2 rings (SSSR count). The van der Waals surface area contributed by atoms with Gasteiger partial charge in [0, 0.05) is 21.1 Å². The first kappa shape index (κ1) is 15.1. The number of aryl methyl sites for hydroxylation is 3. The van der Waals surface area contributed by atoms with Gasteiger partial charge in [0.1, 0.15) is 5.69 Å². The Morgan fingerprint density at radius 1 is 1.45 bits per heavy atom. The Morgan fingerprint density at radius 2 is 2.10 bits per heavy atom. The van der Waals surface area contributed by atoms with Gasteiger partial charge in [-0.2, -0.15) is 10.2 Å². The summed E-state index contributed by atoms with van der Waals surface area (Å²) in [7, 11) is 5.26. The van der Waals surface area contributed by atoms with Crippen molar-refractivity contribution in [2.24, 2.45) is 14.1 Å². The van der Waals surface area contributed by atoms with Crippen LogP contribution in [-0.4, -0.2) is 37.4 Å². The Kier molecular flexibility index (Phi) is 4.19. The fraction of sp³-hybridized carbons (Fsp3) is 0.417. The van der Waals surface area contributed by atoms with E-state index in [-0.39, 0.29) is 5.91 Å². The van der Waals surface area contributed by atoms with E-state index in [1.54, 1.807) is 41.6 Å². The number of halogens is 2. The molecule has 0 N–H and O–H groups in total. The third kappa shape index (κ3) is 2.60. The quantitative estimate of drug-likeness (QED) is 0.843. The molecule has 0 aliphatic carbocycles. The van der Waals surface area contributed by atoms with Crippen LogP contribution in [-0.2, 0) is 20.6 Å². The molecule has 1 amide bonds. The van der Waals surface area contributed by atoms with E-state index in [9.17, 15) is 4.79 Å². The van der Waals surface area contributed by atoms with E-state index in [1.807, 2.05) is 6.92 Å². The van der Waals surface area contributed by atoms with Crippen molar-refractivity contribution in [2.75, 3.05) is 7.05 Å². The van der Waals surface area contributed by atoms with Crippen molar-refractivity contribution < 1.29 is 4.79 Å². The van der Waals surface area contributed by atoms with E-state index in [4.69, 9.17) is 11.6 Å². The second kappa shape index (κ2) is 5.57. The maximum atomic E-state index is 12.5. The van der Waals surface area contributed by atoms with Gasteiger partial charge in [-0.25, -0.2) is 0 Å². The lowest BCUT2D eigenvalue weighted by atomic mass is 10.3. The fourth-order valence-corrected chi connectivity index (χ4v) is 2.69. The summed E-state index contributed by atoms with van der Waals surface area (Å²) in [6.07, 6.45) is 1.57. The lowest BCUT2D eigenvalue weighted by Gasteiger charge is -2.17. The van der Waals surface area contributed by atoms with Crippen LogP contribution in [0.25, 0.3) is 0 Å². The fourth-order valence-electron chi connectivity index (χ4n) is 1.96. The van der Waals surface area contributed by atoms with Gasteiger partial charge in [0.05, 0.1) is 33.6 Å². The number of hydrogen-bond donors (Lipinski definition) is 0. The molecule has 0 aliphatic heterocycles. The topological polar surface area (TPSA) is 56.0 Å². The molecule has 0 saturated heterocycles. The summed E-state index contributed by atoms with van der Waals surface area (Å²) in [5.74, 6) is -0.128. The highest BCUT2D eigenvalue weighted by Crippen LogP contribution is 2.23. The molecule has 0 spiro atoms. The van der Waals surface area contributed by atoms with Crippen molar-refractivity contribution in [2.45, 2.75) is 13.5 Å². The summed E-state index contributed by atoms with van der Waals surface area (Å²) in [5, 5.41) is 8.83. The zero-order valence-electron chi connectivity index (χ0n) is 11.7.